The first-order chi connectivity index (χ1) is 8.90. The van der Waals surface area contributed by atoms with Crippen molar-refractivity contribution in [1.29, 1.82) is 0 Å². The molecule has 0 spiro atoms. The predicted octanol–water partition coefficient (Wildman–Crippen LogP) is 2.36. The van der Waals surface area contributed by atoms with Crippen LogP contribution in [0, 0.1) is 11.8 Å². The van der Waals surface area contributed by atoms with Crippen LogP contribution in [0.25, 0.3) is 0 Å². The van der Waals surface area contributed by atoms with Crippen LogP contribution >= 0.6 is 0 Å². The van der Waals surface area contributed by atoms with Crippen molar-refractivity contribution in [2.24, 2.45) is 11.8 Å². The van der Waals surface area contributed by atoms with Gasteiger partial charge in [-0.15, -0.1) is 0 Å². The molecule has 3 unspecified atom stereocenters. The Labute approximate surface area is 115 Å². The van der Waals surface area contributed by atoms with Gasteiger partial charge in [0, 0.05) is 6.04 Å². The highest BCUT2D eigenvalue weighted by atomic mass is 16.4. The standard InChI is InChI=1S/C14H26N2O3/c1-9(2)8-12(13(17)18)16-14(19)15-11-7-5-4-6-10(11)3/h9-12H,4-8H2,1-3H3,(H,17,18)(H2,15,16,19). The summed E-state index contributed by atoms with van der Waals surface area (Å²) in [6.07, 6.45) is 4.90. The number of aliphatic carboxylic acids is 1. The first-order valence-corrected chi connectivity index (χ1v) is 7.20. The maximum absolute atomic E-state index is 11.9. The number of carboxylic acid groups (broad SMARTS) is 1. The van der Waals surface area contributed by atoms with E-state index in [2.05, 4.69) is 17.6 Å². The van der Waals surface area contributed by atoms with Crippen LogP contribution in [-0.2, 0) is 4.79 Å². The SMILES string of the molecule is CC(C)CC(NC(=O)NC1CCCCC1C)C(=O)O. The van der Waals surface area contributed by atoms with E-state index in [9.17, 15) is 9.59 Å². The summed E-state index contributed by atoms with van der Waals surface area (Å²) in [6.45, 7) is 6.02. The number of nitrogens with one attached hydrogen (secondary N) is 2. The number of carboxylic acids is 1. The van der Waals surface area contributed by atoms with Gasteiger partial charge in [-0.2, -0.15) is 0 Å². The Morgan fingerprint density at radius 2 is 1.89 bits per heavy atom. The molecule has 0 bridgehead atoms. The van der Waals surface area contributed by atoms with Crippen molar-refractivity contribution >= 4 is 12.0 Å². The lowest BCUT2D eigenvalue weighted by Crippen LogP contribution is -2.51. The number of carbonyl (C=O) groups excluding carboxylic acids is 1. The number of amides is 2. The third-order valence-electron chi connectivity index (χ3n) is 3.74. The topological polar surface area (TPSA) is 78.4 Å². The summed E-state index contributed by atoms with van der Waals surface area (Å²) in [5.74, 6) is -0.275. The summed E-state index contributed by atoms with van der Waals surface area (Å²) >= 11 is 0. The number of rotatable bonds is 5. The fourth-order valence-corrected chi connectivity index (χ4v) is 2.59. The Morgan fingerprint density at radius 3 is 2.42 bits per heavy atom. The molecule has 3 N–H and O–H groups in total. The minimum atomic E-state index is -0.972. The molecule has 1 aliphatic carbocycles. The van der Waals surface area contributed by atoms with Crippen molar-refractivity contribution in [3.05, 3.63) is 0 Å². The molecule has 0 heterocycles. The fraction of sp³-hybridized carbons (Fsp3) is 0.857. The lowest BCUT2D eigenvalue weighted by atomic mass is 9.86. The summed E-state index contributed by atoms with van der Waals surface area (Å²) in [7, 11) is 0. The molecule has 5 heteroatoms. The summed E-state index contributed by atoms with van der Waals surface area (Å²) in [4.78, 5) is 23.0. The number of hydrogen-bond donors (Lipinski definition) is 3. The van der Waals surface area contributed by atoms with Crippen molar-refractivity contribution in [2.75, 3.05) is 0 Å². The van der Waals surface area contributed by atoms with Crippen LogP contribution in [0.15, 0.2) is 0 Å². The molecule has 0 aromatic rings. The van der Waals surface area contributed by atoms with Crippen molar-refractivity contribution < 1.29 is 14.7 Å². The van der Waals surface area contributed by atoms with Crippen LogP contribution < -0.4 is 10.6 Å². The van der Waals surface area contributed by atoms with Gasteiger partial charge in [0.2, 0.25) is 0 Å². The molecule has 19 heavy (non-hydrogen) atoms. The molecule has 0 aromatic carbocycles. The maximum Gasteiger partial charge on any atom is 0.326 e. The molecule has 0 aromatic heterocycles. The van der Waals surface area contributed by atoms with Crippen LogP contribution in [0.2, 0.25) is 0 Å². The smallest absolute Gasteiger partial charge is 0.326 e. The Bertz CT molecular complexity index is 318. The molecular weight excluding hydrogens is 244 g/mol. The lowest BCUT2D eigenvalue weighted by molar-refractivity contribution is -0.139. The second-order valence-electron chi connectivity index (χ2n) is 6.01. The van der Waals surface area contributed by atoms with Crippen LogP contribution in [-0.4, -0.2) is 29.2 Å². The first-order valence-electron chi connectivity index (χ1n) is 7.20. The van der Waals surface area contributed by atoms with Crippen LogP contribution in [0.4, 0.5) is 4.79 Å². The van der Waals surface area contributed by atoms with Gasteiger partial charge in [-0.25, -0.2) is 9.59 Å². The molecule has 1 rings (SSSR count). The van der Waals surface area contributed by atoms with Gasteiger partial charge in [0.1, 0.15) is 6.04 Å². The highest BCUT2D eigenvalue weighted by Gasteiger charge is 2.25. The Kier molecular flexibility index (Phi) is 6.12. The van der Waals surface area contributed by atoms with Gasteiger partial charge >= 0.3 is 12.0 Å². The van der Waals surface area contributed by atoms with E-state index in [-0.39, 0.29) is 18.0 Å². The van der Waals surface area contributed by atoms with E-state index in [1.165, 1.54) is 6.42 Å². The van der Waals surface area contributed by atoms with Gasteiger partial charge in [0.25, 0.3) is 0 Å². The van der Waals surface area contributed by atoms with E-state index in [1.54, 1.807) is 0 Å². The molecule has 5 nitrogen and oxygen atoms in total. The normalized spacial score (nSPS) is 24.8. The number of urea groups is 1. The molecule has 3 atom stereocenters. The summed E-state index contributed by atoms with van der Waals surface area (Å²) < 4.78 is 0. The van der Waals surface area contributed by atoms with Gasteiger partial charge in [0.05, 0.1) is 0 Å². The number of hydrogen-bond acceptors (Lipinski definition) is 2. The van der Waals surface area contributed by atoms with E-state index in [0.29, 0.717) is 12.3 Å². The highest BCUT2D eigenvalue weighted by Crippen LogP contribution is 2.23. The fourth-order valence-electron chi connectivity index (χ4n) is 2.59. The van der Waals surface area contributed by atoms with E-state index < -0.39 is 12.0 Å². The zero-order valence-corrected chi connectivity index (χ0v) is 12.1. The molecule has 0 aliphatic heterocycles. The molecule has 110 valence electrons. The van der Waals surface area contributed by atoms with Gasteiger partial charge in [-0.1, -0.05) is 33.6 Å². The van der Waals surface area contributed by atoms with Gasteiger partial charge in [0.15, 0.2) is 0 Å². The minimum Gasteiger partial charge on any atom is -0.480 e. The molecule has 1 fully saturated rings. The Hall–Kier alpha value is -1.26. The van der Waals surface area contributed by atoms with E-state index >= 15 is 0 Å². The van der Waals surface area contributed by atoms with Gasteiger partial charge in [-0.3, -0.25) is 0 Å². The number of carbonyl (C=O) groups is 2. The monoisotopic (exact) mass is 270 g/mol. The first kappa shape index (κ1) is 15.8. The molecule has 1 aliphatic rings. The highest BCUT2D eigenvalue weighted by molar-refractivity contribution is 5.82. The van der Waals surface area contributed by atoms with Crippen molar-refractivity contribution in [2.45, 2.75) is 65.0 Å². The summed E-state index contributed by atoms with van der Waals surface area (Å²) in [5.41, 5.74) is 0. The van der Waals surface area contributed by atoms with E-state index in [0.717, 1.165) is 19.3 Å². The van der Waals surface area contributed by atoms with Crippen LogP contribution in [0.5, 0.6) is 0 Å². The second kappa shape index (κ2) is 7.36. The third-order valence-corrected chi connectivity index (χ3v) is 3.74. The molecule has 0 saturated heterocycles. The summed E-state index contributed by atoms with van der Waals surface area (Å²) in [6, 6.07) is -0.993. The quantitative estimate of drug-likeness (QED) is 0.717. The van der Waals surface area contributed by atoms with Crippen LogP contribution in [0.1, 0.15) is 52.9 Å². The maximum atomic E-state index is 11.9. The van der Waals surface area contributed by atoms with Crippen molar-refractivity contribution in [1.82, 2.24) is 10.6 Å². The molecule has 1 saturated carbocycles. The average Bonchev–Trinajstić information content (AvgIpc) is 2.30. The van der Waals surface area contributed by atoms with E-state index in [4.69, 9.17) is 5.11 Å². The molecule has 2 amide bonds. The molecule has 0 radical (unpaired) electrons. The summed E-state index contributed by atoms with van der Waals surface area (Å²) in [5, 5.41) is 14.6. The van der Waals surface area contributed by atoms with Crippen molar-refractivity contribution in [3.63, 3.8) is 0 Å². The van der Waals surface area contributed by atoms with Gasteiger partial charge in [-0.05, 0) is 31.1 Å². The van der Waals surface area contributed by atoms with Crippen LogP contribution in [0.3, 0.4) is 0 Å². The third kappa shape index (κ3) is 5.49. The Morgan fingerprint density at radius 1 is 1.26 bits per heavy atom. The average molecular weight is 270 g/mol. The van der Waals surface area contributed by atoms with E-state index in [1.807, 2.05) is 13.8 Å². The van der Waals surface area contributed by atoms with Crippen molar-refractivity contribution in [3.8, 4) is 0 Å². The second-order valence-corrected chi connectivity index (χ2v) is 6.01. The zero-order chi connectivity index (χ0) is 14.4. The van der Waals surface area contributed by atoms with Gasteiger partial charge < -0.3 is 15.7 Å². The minimum absolute atomic E-state index is 0.169. The zero-order valence-electron chi connectivity index (χ0n) is 12.1. The lowest BCUT2D eigenvalue weighted by Gasteiger charge is -2.30. The largest absolute Gasteiger partial charge is 0.480 e. The predicted molar refractivity (Wildman–Crippen MR) is 74.0 cm³/mol. The molecular formula is C14H26N2O3. The Balaban J connectivity index is 2.45.